The van der Waals surface area contributed by atoms with Crippen LogP contribution in [-0.2, 0) is 25.9 Å². The van der Waals surface area contributed by atoms with Gasteiger partial charge < -0.3 is 22.5 Å². The smallest absolute Gasteiger partial charge is 0.276 e. The Morgan fingerprint density at radius 2 is 1.60 bits per heavy atom. The number of hydrogen-bond acceptors (Lipinski definition) is 9. The molecule has 4 heterocycles. The lowest BCUT2D eigenvalue weighted by atomic mass is 9.90. The van der Waals surface area contributed by atoms with E-state index in [1.807, 2.05) is 20.8 Å². The third-order valence-electron chi connectivity index (χ3n) is 8.98. The molecule has 0 saturated carbocycles. The fourth-order valence-corrected chi connectivity index (χ4v) is 6.53. The molecule has 15 nitrogen and oxygen atoms in total. The molecule has 1 unspecified atom stereocenters. The molecular formula is C35H39N11O4. The summed E-state index contributed by atoms with van der Waals surface area (Å²) in [6, 6.07) is 11.4. The molecule has 0 saturated heterocycles. The maximum atomic E-state index is 14.2. The second-order valence-corrected chi connectivity index (χ2v) is 12.4. The summed E-state index contributed by atoms with van der Waals surface area (Å²) >= 11 is 0. The second kappa shape index (κ2) is 13.8. The van der Waals surface area contributed by atoms with Gasteiger partial charge in [0.05, 0.1) is 22.8 Å². The first kappa shape index (κ1) is 33.8. The molecule has 0 radical (unpaired) electrons. The third-order valence-corrected chi connectivity index (χ3v) is 8.98. The van der Waals surface area contributed by atoms with Gasteiger partial charge in [-0.05, 0) is 87.9 Å². The van der Waals surface area contributed by atoms with Crippen LogP contribution in [0.15, 0.2) is 52.4 Å². The van der Waals surface area contributed by atoms with Crippen molar-refractivity contribution >= 4 is 46.8 Å². The van der Waals surface area contributed by atoms with Crippen molar-refractivity contribution in [2.75, 3.05) is 0 Å². The van der Waals surface area contributed by atoms with Gasteiger partial charge in [0.1, 0.15) is 17.2 Å². The Balaban J connectivity index is 1.47. The van der Waals surface area contributed by atoms with Crippen LogP contribution in [0.2, 0.25) is 0 Å². The molecule has 0 bridgehead atoms. The van der Waals surface area contributed by atoms with Crippen LogP contribution in [0.4, 0.5) is 11.4 Å². The number of guanidine groups is 1. The predicted molar refractivity (Wildman–Crippen MR) is 187 cm³/mol. The minimum absolute atomic E-state index is 0.186. The van der Waals surface area contributed by atoms with E-state index in [-0.39, 0.29) is 35.1 Å². The molecule has 50 heavy (non-hydrogen) atoms. The van der Waals surface area contributed by atoms with Gasteiger partial charge in [0.25, 0.3) is 11.8 Å². The Morgan fingerprint density at radius 3 is 2.32 bits per heavy atom. The van der Waals surface area contributed by atoms with E-state index in [1.165, 1.54) is 6.07 Å². The first-order chi connectivity index (χ1) is 23.9. The van der Waals surface area contributed by atoms with Crippen molar-refractivity contribution < 1.29 is 19.2 Å². The van der Waals surface area contributed by atoms with Gasteiger partial charge in [0.15, 0.2) is 0 Å². The van der Waals surface area contributed by atoms with Gasteiger partial charge in [-0.25, -0.2) is 9.98 Å². The molecule has 15 heteroatoms. The zero-order valence-electron chi connectivity index (χ0n) is 28.1. The highest BCUT2D eigenvalue weighted by atomic mass is 16.2. The van der Waals surface area contributed by atoms with E-state index < -0.39 is 23.6 Å². The summed E-state index contributed by atoms with van der Waals surface area (Å²) in [5.41, 5.74) is 23.1. The molecule has 4 aromatic rings. The van der Waals surface area contributed by atoms with E-state index >= 15 is 0 Å². The first-order valence-electron chi connectivity index (χ1n) is 16.5. The van der Waals surface area contributed by atoms with Gasteiger partial charge in [-0.2, -0.15) is 10.2 Å². The second-order valence-electron chi connectivity index (χ2n) is 12.4. The molecule has 0 spiro atoms. The zero-order valence-corrected chi connectivity index (χ0v) is 28.1. The number of carbonyl (C=O) groups excluding carboxylic acids is 4. The van der Waals surface area contributed by atoms with Crippen molar-refractivity contribution in [3.05, 3.63) is 93.1 Å². The van der Waals surface area contributed by atoms with Crippen LogP contribution in [0.1, 0.15) is 102 Å². The Labute approximate surface area is 288 Å². The number of benzene rings is 2. The Hall–Kier alpha value is -6.12. The van der Waals surface area contributed by atoms with Crippen LogP contribution in [0.25, 0.3) is 0 Å². The quantitative estimate of drug-likeness (QED) is 0.217. The molecule has 2 aromatic carbocycles. The number of amidine groups is 1. The molecule has 2 aromatic heterocycles. The normalized spacial score (nSPS) is 16.7. The van der Waals surface area contributed by atoms with Gasteiger partial charge >= 0.3 is 0 Å². The largest absolute Gasteiger partial charge is 0.369 e. The maximum absolute atomic E-state index is 14.2. The molecule has 4 amide bonds. The average Bonchev–Trinajstić information content (AvgIpc) is 3.72. The fraction of sp³-hybridized carbons (Fsp3) is 0.314. The van der Waals surface area contributed by atoms with Crippen molar-refractivity contribution in [1.29, 1.82) is 0 Å². The number of aromatic nitrogens is 4. The summed E-state index contributed by atoms with van der Waals surface area (Å²) in [6.07, 6.45) is 3.20. The van der Waals surface area contributed by atoms with E-state index in [1.54, 1.807) is 45.8 Å². The van der Waals surface area contributed by atoms with Gasteiger partial charge in [0.2, 0.25) is 17.8 Å². The molecule has 258 valence electrons. The van der Waals surface area contributed by atoms with Crippen LogP contribution in [-0.4, -0.2) is 55.0 Å². The van der Waals surface area contributed by atoms with Crippen molar-refractivity contribution in [3.8, 4) is 0 Å². The Morgan fingerprint density at radius 1 is 0.880 bits per heavy atom. The Kier molecular flexibility index (Phi) is 9.31. The molecule has 2 aliphatic rings. The molecule has 1 atom stereocenters. The standard InChI is InChI=1S/C35H39N11O4/c1-4-45-29-23(19(3)44-45)8-6-5-7-13-46-28(14-18(2)43-46)33(49)42-35(38)40-26-16-21(30(36)47)10-9-20(26)15-25-24-12-11-22(31(37)48)17-27(24)39-32(25)41-34(29)50/h9-12,14,16-17,25H,4-8,13,15H2,1-3H3,(H2,36,47)(H2,37,48)(H,39,41,50)(H3,38,40,42,49). The van der Waals surface area contributed by atoms with E-state index in [2.05, 4.69) is 25.8 Å². The van der Waals surface area contributed by atoms with Gasteiger partial charge in [-0.15, -0.1) is 0 Å². The first-order valence-corrected chi connectivity index (χ1v) is 16.5. The number of nitrogens with two attached hydrogens (primary N) is 3. The van der Waals surface area contributed by atoms with Crippen molar-refractivity contribution in [1.82, 2.24) is 30.2 Å². The summed E-state index contributed by atoms with van der Waals surface area (Å²) in [4.78, 5) is 61.0. The molecule has 6 rings (SSSR count). The lowest BCUT2D eigenvalue weighted by molar-refractivity contribution is 0.0957. The summed E-state index contributed by atoms with van der Waals surface area (Å²) in [7, 11) is 0. The average molecular weight is 678 g/mol. The highest BCUT2D eigenvalue weighted by molar-refractivity contribution is 6.11. The number of nitrogens with zero attached hydrogens (tertiary/aromatic N) is 6. The van der Waals surface area contributed by atoms with Gasteiger partial charge in [0, 0.05) is 35.7 Å². The van der Waals surface area contributed by atoms with Gasteiger partial charge in [-0.1, -0.05) is 18.6 Å². The Bertz CT molecular complexity index is 2110. The molecule has 0 aliphatic carbocycles. The fourth-order valence-electron chi connectivity index (χ4n) is 6.53. The SMILES string of the molecule is CCn1nc(C)c2c1C(=O)NC1=Nc3cc(C(N)=O)ccc3C1Cc1ccc(C(N)=O)cc1N=C(N)NC(=O)c1cc(C)nn1CCCCC2. The highest BCUT2D eigenvalue weighted by Gasteiger charge is 2.32. The highest BCUT2D eigenvalue weighted by Crippen LogP contribution is 2.39. The number of primary amides is 2. The summed E-state index contributed by atoms with van der Waals surface area (Å²) in [6.45, 7) is 6.62. The van der Waals surface area contributed by atoms with Crippen LogP contribution in [0.3, 0.4) is 0 Å². The van der Waals surface area contributed by atoms with E-state index in [9.17, 15) is 19.2 Å². The number of amides is 4. The van der Waals surface area contributed by atoms with E-state index in [0.29, 0.717) is 53.7 Å². The topological polar surface area (TPSA) is 231 Å². The summed E-state index contributed by atoms with van der Waals surface area (Å²) < 4.78 is 3.35. The van der Waals surface area contributed by atoms with Crippen molar-refractivity contribution in [2.24, 2.45) is 27.2 Å². The molecule has 0 fully saturated rings. The predicted octanol–water partition coefficient (Wildman–Crippen LogP) is 2.82. The van der Waals surface area contributed by atoms with Crippen LogP contribution < -0.4 is 27.8 Å². The van der Waals surface area contributed by atoms with Crippen LogP contribution >= 0.6 is 0 Å². The zero-order chi connectivity index (χ0) is 35.7. The monoisotopic (exact) mass is 677 g/mol. The number of fused-ring (bicyclic) bond motifs is 6. The lowest BCUT2D eigenvalue weighted by Gasteiger charge is -2.18. The molecule has 8 N–H and O–H groups in total. The van der Waals surface area contributed by atoms with Crippen LogP contribution in [0.5, 0.6) is 0 Å². The van der Waals surface area contributed by atoms with Crippen LogP contribution in [0, 0.1) is 13.8 Å². The number of hydrogen-bond donors (Lipinski definition) is 5. The van der Waals surface area contributed by atoms with E-state index in [4.69, 9.17) is 22.2 Å². The number of rotatable bonds is 3. The minimum atomic E-state index is -0.672. The maximum Gasteiger partial charge on any atom is 0.276 e. The van der Waals surface area contributed by atoms with Crippen molar-refractivity contribution in [3.63, 3.8) is 0 Å². The number of aliphatic imine (C=N–C) groups is 2. The van der Waals surface area contributed by atoms with E-state index in [0.717, 1.165) is 36.1 Å². The third kappa shape index (κ3) is 6.74. The lowest BCUT2D eigenvalue weighted by Crippen LogP contribution is -2.37. The van der Waals surface area contributed by atoms with Gasteiger partial charge in [-0.3, -0.25) is 33.9 Å². The summed E-state index contributed by atoms with van der Waals surface area (Å²) in [5.74, 6) is -2.47. The molecule has 2 aliphatic heterocycles. The summed E-state index contributed by atoms with van der Waals surface area (Å²) in [5, 5.41) is 14.9. The minimum Gasteiger partial charge on any atom is -0.369 e. The number of aryl methyl sites for hydroxylation is 4. The molecular weight excluding hydrogens is 638 g/mol. The van der Waals surface area contributed by atoms with Crippen molar-refractivity contribution in [2.45, 2.75) is 71.9 Å². The number of nitrogens with one attached hydrogen (secondary N) is 2. The number of carbonyl (C=O) groups is 4.